The predicted molar refractivity (Wildman–Crippen MR) is 118 cm³/mol. The van der Waals surface area contributed by atoms with Crippen LogP contribution in [0, 0.1) is 5.92 Å². The van der Waals surface area contributed by atoms with Crippen LogP contribution in [0.4, 0.5) is 4.79 Å². The Hall–Kier alpha value is -2.28. The summed E-state index contributed by atoms with van der Waals surface area (Å²) in [6, 6.07) is 10.7. The molecule has 1 unspecified atom stereocenters. The number of amides is 1. The van der Waals surface area contributed by atoms with Gasteiger partial charge in [0.2, 0.25) is 0 Å². The van der Waals surface area contributed by atoms with Crippen LogP contribution < -0.4 is 16.0 Å². The quantitative estimate of drug-likeness (QED) is 0.353. The molecule has 1 aliphatic rings. The van der Waals surface area contributed by atoms with Gasteiger partial charge in [0.25, 0.3) is 0 Å². The number of likely N-dealkylation sites (tertiary alicyclic amines) is 1. The Labute approximate surface area is 175 Å². The van der Waals surface area contributed by atoms with Crippen molar-refractivity contribution in [3.8, 4) is 0 Å². The van der Waals surface area contributed by atoms with Gasteiger partial charge in [0.15, 0.2) is 5.96 Å². The van der Waals surface area contributed by atoms with Crippen molar-refractivity contribution in [2.45, 2.75) is 39.2 Å². The number of hydrogen-bond donors (Lipinski definition) is 3. The number of nitrogens with zero attached hydrogens (tertiary/aromatic N) is 2. The van der Waals surface area contributed by atoms with Gasteiger partial charge in [0, 0.05) is 39.8 Å². The van der Waals surface area contributed by atoms with E-state index in [4.69, 9.17) is 4.74 Å². The summed E-state index contributed by atoms with van der Waals surface area (Å²) in [5, 5.41) is 9.36. The number of alkyl carbamates (subject to hydrolysis) is 1. The Morgan fingerprint density at radius 3 is 2.59 bits per heavy atom. The molecule has 29 heavy (non-hydrogen) atoms. The van der Waals surface area contributed by atoms with E-state index in [9.17, 15) is 4.79 Å². The number of benzene rings is 1. The Morgan fingerprint density at radius 1 is 1.17 bits per heavy atom. The second-order valence-corrected chi connectivity index (χ2v) is 8.50. The first-order valence-corrected chi connectivity index (χ1v) is 10.5. The zero-order chi connectivity index (χ0) is 21.1. The third-order valence-corrected chi connectivity index (χ3v) is 4.80. The molecular weight excluding hydrogens is 366 g/mol. The summed E-state index contributed by atoms with van der Waals surface area (Å²) in [6.45, 7) is 10.9. The first kappa shape index (κ1) is 23.0. The van der Waals surface area contributed by atoms with Gasteiger partial charge in [-0.05, 0) is 51.6 Å². The van der Waals surface area contributed by atoms with E-state index in [2.05, 4.69) is 56.2 Å². The summed E-state index contributed by atoms with van der Waals surface area (Å²) < 4.78 is 5.22. The maximum absolute atomic E-state index is 11.6. The second-order valence-electron chi connectivity index (χ2n) is 8.50. The van der Waals surface area contributed by atoms with E-state index in [-0.39, 0.29) is 0 Å². The van der Waals surface area contributed by atoms with E-state index in [1.165, 1.54) is 12.0 Å². The smallest absolute Gasteiger partial charge is 0.407 e. The van der Waals surface area contributed by atoms with Crippen molar-refractivity contribution >= 4 is 12.1 Å². The van der Waals surface area contributed by atoms with Gasteiger partial charge in [-0.1, -0.05) is 30.3 Å². The number of ether oxygens (including phenoxy) is 1. The van der Waals surface area contributed by atoms with Crippen LogP contribution in [0.15, 0.2) is 35.3 Å². The van der Waals surface area contributed by atoms with Gasteiger partial charge >= 0.3 is 6.09 Å². The Morgan fingerprint density at radius 2 is 1.90 bits per heavy atom. The Kier molecular flexibility index (Phi) is 9.25. The molecule has 1 aromatic carbocycles. The SMILES string of the molecule is CN=C(NCCNC(=O)OC(C)(C)C)NCC1CCN(CCc2ccccc2)C1. The van der Waals surface area contributed by atoms with Crippen molar-refractivity contribution < 1.29 is 9.53 Å². The number of guanidine groups is 1. The van der Waals surface area contributed by atoms with Gasteiger partial charge in [-0.25, -0.2) is 4.79 Å². The lowest BCUT2D eigenvalue weighted by Crippen LogP contribution is -2.44. The molecule has 1 heterocycles. The van der Waals surface area contributed by atoms with E-state index < -0.39 is 11.7 Å². The van der Waals surface area contributed by atoms with Crippen LogP contribution in [0.25, 0.3) is 0 Å². The second kappa shape index (κ2) is 11.7. The molecule has 2 rings (SSSR count). The van der Waals surface area contributed by atoms with E-state index in [0.29, 0.717) is 19.0 Å². The van der Waals surface area contributed by atoms with Crippen molar-refractivity contribution in [3.05, 3.63) is 35.9 Å². The summed E-state index contributed by atoms with van der Waals surface area (Å²) in [4.78, 5) is 18.4. The van der Waals surface area contributed by atoms with E-state index in [1.807, 2.05) is 20.8 Å². The van der Waals surface area contributed by atoms with Crippen molar-refractivity contribution in [2.24, 2.45) is 10.9 Å². The van der Waals surface area contributed by atoms with E-state index in [1.54, 1.807) is 7.05 Å². The Balaban J connectivity index is 1.57. The fourth-order valence-electron chi connectivity index (χ4n) is 3.34. The molecule has 0 radical (unpaired) electrons. The van der Waals surface area contributed by atoms with Crippen LogP contribution >= 0.6 is 0 Å². The molecule has 1 amide bonds. The normalized spacial score (nSPS) is 17.8. The fraction of sp³-hybridized carbons (Fsp3) is 0.636. The minimum absolute atomic E-state index is 0.399. The molecule has 3 N–H and O–H groups in total. The number of rotatable bonds is 8. The highest BCUT2D eigenvalue weighted by molar-refractivity contribution is 5.79. The average Bonchev–Trinajstić information content (AvgIpc) is 3.13. The number of hydrogen-bond acceptors (Lipinski definition) is 4. The molecule has 162 valence electrons. The highest BCUT2D eigenvalue weighted by atomic mass is 16.6. The van der Waals surface area contributed by atoms with Gasteiger partial charge in [-0.2, -0.15) is 0 Å². The van der Waals surface area contributed by atoms with Gasteiger partial charge in [0.1, 0.15) is 5.60 Å². The minimum Gasteiger partial charge on any atom is -0.444 e. The monoisotopic (exact) mass is 403 g/mol. The maximum Gasteiger partial charge on any atom is 0.407 e. The molecule has 1 fully saturated rings. The van der Waals surface area contributed by atoms with Crippen LogP contribution in [0.1, 0.15) is 32.8 Å². The summed E-state index contributed by atoms with van der Waals surface area (Å²) in [5.41, 5.74) is 0.921. The van der Waals surface area contributed by atoms with Crippen molar-refractivity contribution in [3.63, 3.8) is 0 Å². The summed E-state index contributed by atoms with van der Waals surface area (Å²) >= 11 is 0. The largest absolute Gasteiger partial charge is 0.444 e. The standard InChI is InChI=1S/C22H37N5O2/c1-22(2,3)29-21(28)25-13-12-24-20(23-4)26-16-19-11-15-27(17-19)14-10-18-8-6-5-7-9-18/h5-9,19H,10-17H2,1-4H3,(H,25,28)(H2,23,24,26). The van der Waals surface area contributed by atoms with Gasteiger partial charge in [0.05, 0.1) is 0 Å². The first-order valence-electron chi connectivity index (χ1n) is 10.5. The van der Waals surface area contributed by atoms with E-state index >= 15 is 0 Å². The lowest BCUT2D eigenvalue weighted by atomic mass is 10.1. The molecule has 1 atom stereocenters. The lowest BCUT2D eigenvalue weighted by Gasteiger charge is -2.20. The van der Waals surface area contributed by atoms with Crippen LogP contribution in [0.3, 0.4) is 0 Å². The number of aliphatic imine (C=N–C) groups is 1. The number of carbonyl (C=O) groups excluding carboxylic acids is 1. The molecule has 0 aliphatic carbocycles. The molecule has 1 saturated heterocycles. The molecule has 7 heteroatoms. The van der Waals surface area contributed by atoms with E-state index in [0.717, 1.165) is 38.6 Å². The van der Waals surface area contributed by atoms with Crippen LogP contribution in [-0.2, 0) is 11.2 Å². The van der Waals surface area contributed by atoms with Crippen LogP contribution in [-0.4, -0.2) is 68.9 Å². The Bertz CT molecular complexity index is 642. The molecule has 1 aromatic rings. The van der Waals surface area contributed by atoms with Crippen LogP contribution in [0.2, 0.25) is 0 Å². The zero-order valence-electron chi connectivity index (χ0n) is 18.3. The molecular formula is C22H37N5O2. The maximum atomic E-state index is 11.6. The van der Waals surface area contributed by atoms with Crippen molar-refractivity contribution in [2.75, 3.05) is 46.3 Å². The zero-order valence-corrected chi connectivity index (χ0v) is 18.3. The summed E-state index contributed by atoms with van der Waals surface area (Å²) in [7, 11) is 1.76. The molecule has 1 aliphatic heterocycles. The van der Waals surface area contributed by atoms with Crippen molar-refractivity contribution in [1.82, 2.24) is 20.9 Å². The summed E-state index contributed by atoms with van der Waals surface area (Å²) in [5.74, 6) is 1.39. The molecule has 0 bridgehead atoms. The molecule has 7 nitrogen and oxygen atoms in total. The summed E-state index contributed by atoms with van der Waals surface area (Å²) in [6.07, 6.45) is 1.91. The average molecular weight is 404 g/mol. The van der Waals surface area contributed by atoms with Gasteiger partial charge < -0.3 is 25.6 Å². The van der Waals surface area contributed by atoms with Gasteiger partial charge in [-0.15, -0.1) is 0 Å². The molecule has 0 saturated carbocycles. The lowest BCUT2D eigenvalue weighted by molar-refractivity contribution is 0.0529. The topological polar surface area (TPSA) is 78.0 Å². The van der Waals surface area contributed by atoms with Gasteiger partial charge in [-0.3, -0.25) is 4.99 Å². The third kappa shape index (κ3) is 9.65. The highest BCUT2D eigenvalue weighted by Crippen LogP contribution is 2.16. The number of nitrogens with one attached hydrogen (secondary N) is 3. The molecule has 0 spiro atoms. The number of carbonyl (C=O) groups is 1. The van der Waals surface area contributed by atoms with Crippen molar-refractivity contribution in [1.29, 1.82) is 0 Å². The predicted octanol–water partition coefficient (Wildman–Crippen LogP) is 2.24. The molecule has 0 aromatic heterocycles. The fourth-order valence-corrected chi connectivity index (χ4v) is 3.34. The minimum atomic E-state index is -0.481. The highest BCUT2D eigenvalue weighted by Gasteiger charge is 2.22. The third-order valence-electron chi connectivity index (χ3n) is 4.80. The first-order chi connectivity index (χ1) is 13.9. The van der Waals surface area contributed by atoms with Crippen LogP contribution in [0.5, 0.6) is 0 Å².